The van der Waals surface area contributed by atoms with Crippen LogP contribution in [0.25, 0.3) is 22.7 Å². The Morgan fingerprint density at radius 3 is 2.52 bits per heavy atom. The molecule has 0 fully saturated rings. The third-order valence-corrected chi connectivity index (χ3v) is 6.21. The summed E-state index contributed by atoms with van der Waals surface area (Å²) in [4.78, 5) is 17.1. The van der Waals surface area contributed by atoms with Crippen molar-refractivity contribution in [2.45, 2.75) is 17.8 Å². The number of rotatable bonds is 6. The number of aryl methyl sites for hydroxylation is 1. The molecule has 0 amide bonds. The quantitative estimate of drug-likeness (QED) is 0.350. The molecular formula is C25H21N5O2S. The largest absolute Gasteiger partial charge is 0.497 e. The van der Waals surface area contributed by atoms with E-state index in [-0.39, 0.29) is 5.56 Å². The normalized spacial score (nSPS) is 11.1. The molecule has 3 heterocycles. The molecule has 0 radical (unpaired) electrons. The Labute approximate surface area is 194 Å². The number of fused-ring (bicyclic) bond motifs is 1. The van der Waals surface area contributed by atoms with Crippen molar-refractivity contribution in [1.82, 2.24) is 24.1 Å². The van der Waals surface area contributed by atoms with E-state index in [1.807, 2.05) is 47.0 Å². The van der Waals surface area contributed by atoms with Crippen molar-refractivity contribution < 1.29 is 4.74 Å². The highest BCUT2D eigenvalue weighted by Gasteiger charge is 2.17. The fourth-order valence-corrected chi connectivity index (χ4v) is 4.38. The zero-order valence-electron chi connectivity index (χ0n) is 18.2. The molecule has 0 atom stereocenters. The zero-order chi connectivity index (χ0) is 22.8. The Bertz CT molecular complexity index is 1470. The third-order valence-electron chi connectivity index (χ3n) is 5.25. The van der Waals surface area contributed by atoms with E-state index < -0.39 is 0 Å². The molecule has 2 aromatic carbocycles. The van der Waals surface area contributed by atoms with Crippen LogP contribution in [0.5, 0.6) is 5.75 Å². The highest BCUT2D eigenvalue weighted by atomic mass is 32.2. The van der Waals surface area contributed by atoms with E-state index in [9.17, 15) is 4.79 Å². The first-order valence-electron chi connectivity index (χ1n) is 10.4. The van der Waals surface area contributed by atoms with Crippen molar-refractivity contribution in [3.05, 3.63) is 101 Å². The minimum Gasteiger partial charge on any atom is -0.497 e. The van der Waals surface area contributed by atoms with Gasteiger partial charge >= 0.3 is 0 Å². The lowest BCUT2D eigenvalue weighted by Crippen LogP contribution is -2.14. The predicted molar refractivity (Wildman–Crippen MR) is 129 cm³/mol. The summed E-state index contributed by atoms with van der Waals surface area (Å²) in [5.74, 6) is 2.01. The summed E-state index contributed by atoms with van der Waals surface area (Å²) in [6.07, 6.45) is 1.72. The summed E-state index contributed by atoms with van der Waals surface area (Å²) in [7, 11) is 1.64. The lowest BCUT2D eigenvalue weighted by Gasteiger charge is -2.11. The fraction of sp³-hybridized carbons (Fsp3) is 0.120. The van der Waals surface area contributed by atoms with Crippen molar-refractivity contribution in [1.29, 1.82) is 0 Å². The van der Waals surface area contributed by atoms with Crippen LogP contribution in [0.1, 0.15) is 11.3 Å². The van der Waals surface area contributed by atoms with Gasteiger partial charge in [0.1, 0.15) is 11.4 Å². The van der Waals surface area contributed by atoms with Gasteiger partial charge in [-0.25, -0.2) is 4.98 Å². The van der Waals surface area contributed by atoms with Crippen LogP contribution in [0.3, 0.4) is 0 Å². The van der Waals surface area contributed by atoms with E-state index in [0.29, 0.717) is 17.1 Å². The van der Waals surface area contributed by atoms with Gasteiger partial charge in [0.15, 0.2) is 11.0 Å². The predicted octanol–water partition coefficient (Wildman–Crippen LogP) is 4.55. The summed E-state index contributed by atoms with van der Waals surface area (Å²) in [5, 5.41) is 9.67. The molecule has 0 spiro atoms. The molecule has 0 aliphatic heterocycles. The molecule has 0 aliphatic carbocycles. The summed E-state index contributed by atoms with van der Waals surface area (Å²) >= 11 is 1.49. The van der Waals surface area contributed by atoms with Gasteiger partial charge in [0.05, 0.1) is 12.8 Å². The van der Waals surface area contributed by atoms with Crippen LogP contribution in [0.4, 0.5) is 0 Å². The molecule has 5 aromatic rings. The standard InChI is InChI=1S/C25H21N5O2S/c1-17-6-10-20(11-7-17)30-24(18-8-12-21(32-2)13-9-18)27-28-25(30)33-16-19-15-23(31)29-14-4-3-5-22(29)26-19/h3-15H,16H2,1-2H3. The van der Waals surface area contributed by atoms with Crippen LogP contribution in [0.15, 0.2) is 88.9 Å². The second kappa shape index (κ2) is 8.91. The smallest absolute Gasteiger partial charge is 0.258 e. The molecule has 8 heteroatoms. The molecule has 0 N–H and O–H groups in total. The first kappa shape index (κ1) is 21.0. The van der Waals surface area contributed by atoms with Crippen LogP contribution in [-0.4, -0.2) is 31.3 Å². The van der Waals surface area contributed by atoms with E-state index in [4.69, 9.17) is 4.74 Å². The Balaban J connectivity index is 1.52. The topological polar surface area (TPSA) is 74.3 Å². The van der Waals surface area contributed by atoms with Crippen LogP contribution < -0.4 is 10.3 Å². The maximum absolute atomic E-state index is 12.4. The van der Waals surface area contributed by atoms with E-state index in [0.717, 1.165) is 28.0 Å². The summed E-state index contributed by atoms with van der Waals surface area (Å²) in [6.45, 7) is 2.06. The average molecular weight is 456 g/mol. The zero-order valence-corrected chi connectivity index (χ0v) is 19.0. The van der Waals surface area contributed by atoms with Gasteiger partial charge in [0.2, 0.25) is 0 Å². The number of benzene rings is 2. The molecule has 0 unspecified atom stereocenters. The van der Waals surface area contributed by atoms with Crippen molar-refractivity contribution in [2.75, 3.05) is 7.11 Å². The Morgan fingerprint density at radius 2 is 1.76 bits per heavy atom. The molecular weight excluding hydrogens is 434 g/mol. The second-order valence-corrected chi connectivity index (χ2v) is 8.45. The van der Waals surface area contributed by atoms with Crippen molar-refractivity contribution >= 4 is 17.4 Å². The third kappa shape index (κ3) is 4.25. The first-order chi connectivity index (χ1) is 16.1. The molecule has 0 saturated heterocycles. The molecule has 0 bridgehead atoms. The fourth-order valence-electron chi connectivity index (χ4n) is 3.53. The van der Waals surface area contributed by atoms with Gasteiger partial charge in [-0.1, -0.05) is 35.5 Å². The van der Waals surface area contributed by atoms with Crippen molar-refractivity contribution in [3.8, 4) is 22.8 Å². The summed E-state index contributed by atoms with van der Waals surface area (Å²) < 4.78 is 8.84. The number of hydrogen-bond donors (Lipinski definition) is 0. The van der Waals surface area contributed by atoms with Gasteiger partial charge in [-0.3, -0.25) is 13.8 Å². The number of hydrogen-bond acceptors (Lipinski definition) is 6. The molecule has 3 aromatic heterocycles. The van der Waals surface area contributed by atoms with Gasteiger partial charge < -0.3 is 4.74 Å². The lowest BCUT2D eigenvalue weighted by atomic mass is 10.2. The maximum Gasteiger partial charge on any atom is 0.258 e. The van der Waals surface area contributed by atoms with E-state index >= 15 is 0 Å². The number of thioether (sulfide) groups is 1. The average Bonchev–Trinajstić information content (AvgIpc) is 3.27. The summed E-state index contributed by atoms with van der Waals surface area (Å²) in [6, 6.07) is 23.0. The molecule has 7 nitrogen and oxygen atoms in total. The molecule has 33 heavy (non-hydrogen) atoms. The number of ether oxygens (including phenoxy) is 1. The summed E-state index contributed by atoms with van der Waals surface area (Å²) in [5.41, 5.74) is 4.28. The highest BCUT2D eigenvalue weighted by Crippen LogP contribution is 2.30. The monoisotopic (exact) mass is 455 g/mol. The van der Waals surface area contributed by atoms with Crippen molar-refractivity contribution in [2.24, 2.45) is 0 Å². The molecule has 164 valence electrons. The van der Waals surface area contributed by atoms with E-state index in [2.05, 4.69) is 46.4 Å². The van der Waals surface area contributed by atoms with Gasteiger partial charge in [-0.05, 0) is 55.5 Å². The Hall–Kier alpha value is -3.91. The second-order valence-electron chi connectivity index (χ2n) is 7.51. The van der Waals surface area contributed by atoms with Gasteiger partial charge in [0, 0.05) is 29.3 Å². The molecule has 5 rings (SSSR count). The highest BCUT2D eigenvalue weighted by molar-refractivity contribution is 7.98. The maximum atomic E-state index is 12.4. The minimum absolute atomic E-state index is 0.102. The van der Waals surface area contributed by atoms with Crippen LogP contribution in [-0.2, 0) is 5.75 Å². The Morgan fingerprint density at radius 1 is 0.970 bits per heavy atom. The first-order valence-corrected chi connectivity index (χ1v) is 11.4. The minimum atomic E-state index is -0.102. The van der Waals surface area contributed by atoms with Gasteiger partial charge in [-0.15, -0.1) is 10.2 Å². The van der Waals surface area contributed by atoms with Crippen LogP contribution in [0.2, 0.25) is 0 Å². The van der Waals surface area contributed by atoms with Crippen LogP contribution >= 0.6 is 11.8 Å². The molecule has 0 aliphatic rings. The SMILES string of the molecule is COc1ccc(-c2nnc(SCc3cc(=O)n4ccccc4n3)n2-c2ccc(C)cc2)cc1. The number of nitrogens with zero attached hydrogens (tertiary/aromatic N) is 5. The van der Waals surface area contributed by atoms with E-state index in [1.54, 1.807) is 19.4 Å². The van der Waals surface area contributed by atoms with E-state index in [1.165, 1.54) is 21.7 Å². The van der Waals surface area contributed by atoms with Crippen molar-refractivity contribution in [3.63, 3.8) is 0 Å². The van der Waals surface area contributed by atoms with Gasteiger partial charge in [-0.2, -0.15) is 0 Å². The van der Waals surface area contributed by atoms with Gasteiger partial charge in [0.25, 0.3) is 5.56 Å². The Kier molecular flexibility index (Phi) is 5.66. The van der Waals surface area contributed by atoms with Crippen LogP contribution in [0, 0.1) is 6.92 Å². The lowest BCUT2D eigenvalue weighted by molar-refractivity contribution is 0.415. The number of methoxy groups -OCH3 is 1. The molecule has 0 saturated carbocycles. The number of aromatic nitrogens is 5. The number of pyridine rings is 1.